The van der Waals surface area contributed by atoms with Gasteiger partial charge < -0.3 is 11.1 Å². The summed E-state index contributed by atoms with van der Waals surface area (Å²) in [6.07, 6.45) is 0.680. The summed E-state index contributed by atoms with van der Waals surface area (Å²) in [6, 6.07) is -0.461. The van der Waals surface area contributed by atoms with Crippen LogP contribution >= 0.6 is 0 Å². The molecule has 1 amide bonds. The molecule has 0 aliphatic rings. The molecule has 0 aliphatic carbocycles. The van der Waals surface area contributed by atoms with E-state index in [9.17, 15) is 4.79 Å². The van der Waals surface area contributed by atoms with Crippen LogP contribution in [0.1, 0.15) is 34.1 Å². The zero-order chi connectivity index (χ0) is 11.2. The normalized spacial score (nSPS) is 12.6. The molecule has 1 atom stereocenters. The van der Waals surface area contributed by atoms with Crippen LogP contribution in [-0.2, 0) is 4.79 Å². The van der Waals surface area contributed by atoms with Crippen molar-refractivity contribution in [1.29, 1.82) is 0 Å². The van der Waals surface area contributed by atoms with Gasteiger partial charge in [-0.25, -0.2) is 0 Å². The predicted octanol–water partition coefficient (Wildman–Crippen LogP) is 0.889. The van der Waals surface area contributed by atoms with Gasteiger partial charge in [-0.05, 0) is 12.3 Å². The van der Waals surface area contributed by atoms with Crippen molar-refractivity contribution in [2.45, 2.75) is 40.2 Å². The summed E-state index contributed by atoms with van der Waals surface area (Å²) in [6.45, 7) is 8.20. The van der Waals surface area contributed by atoms with Gasteiger partial charge in [-0.2, -0.15) is 0 Å². The average Bonchev–Trinajstić information content (AvgIpc) is 2.09. The Bertz CT molecular complexity index is 242. The van der Waals surface area contributed by atoms with Crippen LogP contribution in [0.3, 0.4) is 0 Å². The van der Waals surface area contributed by atoms with Crippen molar-refractivity contribution in [3.63, 3.8) is 0 Å². The van der Waals surface area contributed by atoms with E-state index >= 15 is 0 Å². The van der Waals surface area contributed by atoms with Crippen molar-refractivity contribution in [1.82, 2.24) is 5.32 Å². The van der Waals surface area contributed by atoms with Crippen molar-refractivity contribution >= 4 is 5.91 Å². The first kappa shape index (κ1) is 13.0. The Balaban J connectivity index is 3.89. The zero-order valence-corrected chi connectivity index (χ0v) is 9.48. The van der Waals surface area contributed by atoms with Crippen molar-refractivity contribution in [3.05, 3.63) is 0 Å². The lowest BCUT2D eigenvalue weighted by molar-refractivity contribution is -0.124. The molecule has 1 unspecified atom stereocenters. The second kappa shape index (κ2) is 5.66. The van der Waals surface area contributed by atoms with E-state index in [-0.39, 0.29) is 11.3 Å². The molecule has 0 fully saturated rings. The van der Waals surface area contributed by atoms with Crippen LogP contribution in [0.15, 0.2) is 0 Å². The number of carbonyl (C=O) groups is 1. The SMILES string of the molecule is CC#CCCNC(=O)C(N)C(C)(C)C. The van der Waals surface area contributed by atoms with Gasteiger partial charge in [0.25, 0.3) is 0 Å². The first-order valence-electron chi connectivity index (χ1n) is 4.82. The van der Waals surface area contributed by atoms with Gasteiger partial charge in [-0.1, -0.05) is 20.8 Å². The fourth-order valence-electron chi connectivity index (χ4n) is 0.876. The van der Waals surface area contributed by atoms with Gasteiger partial charge in [-0.15, -0.1) is 11.8 Å². The quantitative estimate of drug-likeness (QED) is 0.520. The molecule has 0 saturated heterocycles. The summed E-state index contributed by atoms with van der Waals surface area (Å²) < 4.78 is 0. The number of hydrogen-bond donors (Lipinski definition) is 2. The van der Waals surface area contributed by atoms with E-state index in [0.29, 0.717) is 13.0 Å². The van der Waals surface area contributed by atoms with E-state index in [1.54, 1.807) is 6.92 Å². The Morgan fingerprint density at radius 2 is 2.07 bits per heavy atom. The summed E-state index contributed by atoms with van der Waals surface area (Å²) in [5, 5.41) is 2.76. The van der Waals surface area contributed by atoms with E-state index in [1.807, 2.05) is 20.8 Å². The van der Waals surface area contributed by atoms with Crippen molar-refractivity contribution in [2.24, 2.45) is 11.1 Å². The van der Waals surface area contributed by atoms with Crippen molar-refractivity contribution in [3.8, 4) is 11.8 Å². The maximum atomic E-state index is 11.5. The van der Waals surface area contributed by atoms with E-state index in [4.69, 9.17) is 5.73 Å². The lowest BCUT2D eigenvalue weighted by Gasteiger charge is -2.25. The molecule has 0 heterocycles. The number of hydrogen-bond acceptors (Lipinski definition) is 2. The second-order valence-electron chi connectivity index (χ2n) is 4.31. The molecule has 0 aromatic rings. The van der Waals surface area contributed by atoms with Crippen molar-refractivity contribution in [2.75, 3.05) is 6.54 Å². The van der Waals surface area contributed by atoms with Crippen LogP contribution in [-0.4, -0.2) is 18.5 Å². The van der Waals surface area contributed by atoms with Gasteiger partial charge in [0.15, 0.2) is 0 Å². The molecule has 3 N–H and O–H groups in total. The van der Waals surface area contributed by atoms with Crippen LogP contribution in [0.4, 0.5) is 0 Å². The number of nitrogens with two attached hydrogens (primary N) is 1. The minimum Gasteiger partial charge on any atom is -0.354 e. The van der Waals surface area contributed by atoms with Crippen LogP contribution in [0, 0.1) is 17.3 Å². The van der Waals surface area contributed by atoms with Gasteiger partial charge in [0.2, 0.25) is 5.91 Å². The Morgan fingerprint density at radius 1 is 1.50 bits per heavy atom. The zero-order valence-electron chi connectivity index (χ0n) is 9.48. The largest absolute Gasteiger partial charge is 0.354 e. The molecule has 0 radical (unpaired) electrons. The molecule has 80 valence electrons. The highest BCUT2D eigenvalue weighted by Gasteiger charge is 2.26. The minimum absolute atomic E-state index is 0.101. The lowest BCUT2D eigenvalue weighted by atomic mass is 9.87. The van der Waals surface area contributed by atoms with Gasteiger partial charge in [0, 0.05) is 13.0 Å². The molecule has 0 bridgehead atoms. The molecule has 3 heteroatoms. The molecule has 0 aromatic carbocycles. The van der Waals surface area contributed by atoms with E-state index in [1.165, 1.54) is 0 Å². The molecular weight excluding hydrogens is 176 g/mol. The van der Waals surface area contributed by atoms with Crippen LogP contribution in [0.2, 0.25) is 0 Å². The fraction of sp³-hybridized carbons (Fsp3) is 0.727. The van der Waals surface area contributed by atoms with Crippen LogP contribution < -0.4 is 11.1 Å². The topological polar surface area (TPSA) is 55.1 Å². The monoisotopic (exact) mass is 196 g/mol. The smallest absolute Gasteiger partial charge is 0.237 e. The molecule has 0 saturated carbocycles. The van der Waals surface area contributed by atoms with Crippen LogP contribution in [0.25, 0.3) is 0 Å². The fourth-order valence-corrected chi connectivity index (χ4v) is 0.876. The number of rotatable bonds is 3. The molecule has 0 aromatic heterocycles. The highest BCUT2D eigenvalue weighted by Crippen LogP contribution is 2.16. The van der Waals surface area contributed by atoms with Gasteiger partial charge >= 0.3 is 0 Å². The van der Waals surface area contributed by atoms with E-state index in [2.05, 4.69) is 17.2 Å². The summed E-state index contributed by atoms with van der Waals surface area (Å²) >= 11 is 0. The second-order valence-corrected chi connectivity index (χ2v) is 4.31. The van der Waals surface area contributed by atoms with E-state index < -0.39 is 6.04 Å². The average molecular weight is 196 g/mol. The Hall–Kier alpha value is -1.01. The highest BCUT2D eigenvalue weighted by molar-refractivity contribution is 5.82. The third-order valence-corrected chi connectivity index (χ3v) is 1.94. The maximum absolute atomic E-state index is 11.5. The molecule has 3 nitrogen and oxygen atoms in total. The summed E-state index contributed by atoms with van der Waals surface area (Å²) in [7, 11) is 0. The lowest BCUT2D eigenvalue weighted by Crippen LogP contribution is -2.48. The first-order chi connectivity index (χ1) is 6.39. The number of nitrogens with one attached hydrogen (secondary N) is 1. The molecule has 0 spiro atoms. The molecule has 14 heavy (non-hydrogen) atoms. The molecular formula is C11H20N2O. The minimum atomic E-state index is -0.461. The standard InChI is InChI=1S/C11H20N2O/c1-5-6-7-8-13-10(14)9(12)11(2,3)4/h9H,7-8,12H2,1-4H3,(H,13,14). The summed E-state index contributed by atoms with van der Waals surface area (Å²) in [4.78, 5) is 11.5. The molecule has 0 aliphatic heterocycles. The van der Waals surface area contributed by atoms with Gasteiger partial charge in [0.05, 0.1) is 6.04 Å². The highest BCUT2D eigenvalue weighted by atomic mass is 16.2. The van der Waals surface area contributed by atoms with E-state index in [0.717, 1.165) is 0 Å². The third-order valence-electron chi connectivity index (χ3n) is 1.94. The van der Waals surface area contributed by atoms with Crippen molar-refractivity contribution < 1.29 is 4.79 Å². The first-order valence-corrected chi connectivity index (χ1v) is 4.82. The van der Waals surface area contributed by atoms with Gasteiger partial charge in [0.1, 0.15) is 0 Å². The number of carbonyl (C=O) groups excluding carboxylic acids is 1. The predicted molar refractivity (Wildman–Crippen MR) is 58.5 cm³/mol. The Labute approximate surface area is 86.4 Å². The summed E-state index contributed by atoms with van der Waals surface area (Å²) in [5.41, 5.74) is 5.57. The summed E-state index contributed by atoms with van der Waals surface area (Å²) in [5.74, 6) is 5.54. The Morgan fingerprint density at radius 3 is 2.50 bits per heavy atom. The third kappa shape index (κ3) is 4.88. The van der Waals surface area contributed by atoms with Gasteiger partial charge in [-0.3, -0.25) is 4.79 Å². The van der Waals surface area contributed by atoms with Crippen LogP contribution in [0.5, 0.6) is 0 Å². The maximum Gasteiger partial charge on any atom is 0.237 e. The Kier molecular flexibility index (Phi) is 5.26. The molecule has 0 rings (SSSR count). The number of amides is 1.